The van der Waals surface area contributed by atoms with Gasteiger partial charge in [0.15, 0.2) is 0 Å². The lowest BCUT2D eigenvalue weighted by Crippen LogP contribution is -2.30. The molecular weight excluding hydrogens is 334 g/mol. The van der Waals surface area contributed by atoms with Gasteiger partial charge in [-0.25, -0.2) is 0 Å². The van der Waals surface area contributed by atoms with Crippen molar-refractivity contribution in [1.82, 2.24) is 25.4 Å². The maximum absolute atomic E-state index is 4.26. The summed E-state index contributed by atoms with van der Waals surface area (Å²) >= 11 is 0. The third-order valence-corrected chi connectivity index (χ3v) is 4.72. The standard InChI is InChI=1S/C19H23N5.ClH/c1-2-16(9-20-6-1)13-24(14-17-5-7-21-10-17)12-15-3-4-18-11-22-23-19(18)8-15;/h1-4,6,8-9,11,17,21H,5,7,10,12-14H2,(H,22,23);1H. The number of hydrogen-bond acceptors (Lipinski definition) is 4. The highest BCUT2D eigenvalue weighted by atomic mass is 35.5. The number of aromatic amines is 1. The third kappa shape index (κ3) is 4.57. The van der Waals surface area contributed by atoms with E-state index in [0.29, 0.717) is 0 Å². The number of rotatable bonds is 6. The molecule has 0 aliphatic carbocycles. The second-order valence-electron chi connectivity index (χ2n) is 6.68. The molecule has 6 heteroatoms. The molecule has 25 heavy (non-hydrogen) atoms. The number of pyridine rings is 1. The van der Waals surface area contributed by atoms with Crippen molar-refractivity contribution in [2.24, 2.45) is 5.92 Å². The van der Waals surface area contributed by atoms with Crippen LogP contribution in [0.4, 0.5) is 0 Å². The second kappa shape index (κ2) is 8.43. The average molecular weight is 358 g/mol. The van der Waals surface area contributed by atoms with Crippen LogP contribution in [0.2, 0.25) is 0 Å². The molecule has 2 aromatic heterocycles. The SMILES string of the molecule is Cl.c1cncc(CN(Cc2ccc3cn[nH]c3c2)CC2CCNC2)c1. The molecule has 0 amide bonds. The fourth-order valence-electron chi connectivity index (χ4n) is 3.51. The van der Waals surface area contributed by atoms with E-state index in [1.165, 1.54) is 17.5 Å². The van der Waals surface area contributed by atoms with Crippen LogP contribution in [0.5, 0.6) is 0 Å². The van der Waals surface area contributed by atoms with E-state index in [2.05, 4.69) is 49.7 Å². The maximum atomic E-state index is 4.26. The van der Waals surface area contributed by atoms with Crippen LogP contribution in [0.3, 0.4) is 0 Å². The largest absolute Gasteiger partial charge is 0.316 e. The summed E-state index contributed by atoms with van der Waals surface area (Å²) in [5.41, 5.74) is 3.70. The van der Waals surface area contributed by atoms with E-state index in [-0.39, 0.29) is 12.4 Å². The van der Waals surface area contributed by atoms with Crippen LogP contribution < -0.4 is 5.32 Å². The molecule has 2 N–H and O–H groups in total. The smallest absolute Gasteiger partial charge is 0.0653 e. The van der Waals surface area contributed by atoms with Gasteiger partial charge in [0.25, 0.3) is 0 Å². The minimum atomic E-state index is 0. The van der Waals surface area contributed by atoms with Gasteiger partial charge < -0.3 is 5.32 Å². The highest BCUT2D eigenvalue weighted by Gasteiger charge is 2.19. The lowest BCUT2D eigenvalue weighted by Gasteiger charge is -2.25. The van der Waals surface area contributed by atoms with E-state index in [1.807, 2.05) is 24.7 Å². The van der Waals surface area contributed by atoms with Crippen molar-refractivity contribution in [3.63, 3.8) is 0 Å². The van der Waals surface area contributed by atoms with Crippen molar-refractivity contribution < 1.29 is 0 Å². The molecule has 0 radical (unpaired) electrons. The Balaban J connectivity index is 0.00000182. The Morgan fingerprint density at radius 2 is 2.04 bits per heavy atom. The second-order valence-corrected chi connectivity index (χ2v) is 6.68. The first-order valence-electron chi connectivity index (χ1n) is 8.61. The first kappa shape index (κ1) is 17.9. The summed E-state index contributed by atoms with van der Waals surface area (Å²) in [7, 11) is 0. The minimum Gasteiger partial charge on any atom is -0.316 e. The predicted molar refractivity (Wildman–Crippen MR) is 103 cm³/mol. The third-order valence-electron chi connectivity index (χ3n) is 4.72. The highest BCUT2D eigenvalue weighted by molar-refractivity contribution is 5.85. The number of H-pyrrole nitrogens is 1. The fourth-order valence-corrected chi connectivity index (χ4v) is 3.51. The summed E-state index contributed by atoms with van der Waals surface area (Å²) in [5, 5.41) is 11.8. The van der Waals surface area contributed by atoms with Crippen LogP contribution in [0.1, 0.15) is 17.5 Å². The summed E-state index contributed by atoms with van der Waals surface area (Å²) in [6.45, 7) is 5.27. The molecule has 3 aromatic rings. The number of halogens is 1. The summed E-state index contributed by atoms with van der Waals surface area (Å²) in [4.78, 5) is 6.79. The van der Waals surface area contributed by atoms with Gasteiger partial charge in [-0.2, -0.15) is 5.10 Å². The first-order chi connectivity index (χ1) is 11.9. The van der Waals surface area contributed by atoms with Crippen molar-refractivity contribution in [1.29, 1.82) is 0 Å². The number of benzene rings is 1. The molecule has 132 valence electrons. The number of hydrogen-bond donors (Lipinski definition) is 2. The molecule has 0 saturated carbocycles. The van der Waals surface area contributed by atoms with Gasteiger partial charge in [-0.05, 0) is 48.7 Å². The molecule has 1 unspecified atom stereocenters. The topological polar surface area (TPSA) is 56.8 Å². The maximum Gasteiger partial charge on any atom is 0.0653 e. The summed E-state index contributed by atoms with van der Waals surface area (Å²) in [5.74, 6) is 0.734. The molecule has 1 aliphatic heterocycles. The van der Waals surface area contributed by atoms with Crippen molar-refractivity contribution in [3.8, 4) is 0 Å². The monoisotopic (exact) mass is 357 g/mol. The molecule has 0 bridgehead atoms. The molecule has 0 spiro atoms. The molecule has 1 atom stereocenters. The quantitative estimate of drug-likeness (QED) is 0.712. The Bertz CT molecular complexity index is 783. The molecule has 3 heterocycles. The van der Waals surface area contributed by atoms with Crippen molar-refractivity contribution in [3.05, 3.63) is 60.0 Å². The van der Waals surface area contributed by atoms with Crippen LogP contribution in [-0.2, 0) is 13.1 Å². The summed E-state index contributed by atoms with van der Waals surface area (Å²) in [6, 6.07) is 10.7. The van der Waals surface area contributed by atoms with Gasteiger partial charge in [0.2, 0.25) is 0 Å². The highest BCUT2D eigenvalue weighted by Crippen LogP contribution is 2.18. The molecular formula is C19H24ClN5. The van der Waals surface area contributed by atoms with Crippen LogP contribution in [0.25, 0.3) is 10.9 Å². The van der Waals surface area contributed by atoms with E-state index < -0.39 is 0 Å². The van der Waals surface area contributed by atoms with Gasteiger partial charge >= 0.3 is 0 Å². The van der Waals surface area contributed by atoms with Crippen LogP contribution in [0.15, 0.2) is 48.9 Å². The van der Waals surface area contributed by atoms with Gasteiger partial charge in [-0.3, -0.25) is 15.0 Å². The lowest BCUT2D eigenvalue weighted by atomic mass is 10.1. The Morgan fingerprint density at radius 1 is 1.12 bits per heavy atom. The number of aromatic nitrogens is 3. The van der Waals surface area contributed by atoms with Crippen molar-refractivity contribution in [2.45, 2.75) is 19.5 Å². The van der Waals surface area contributed by atoms with Crippen molar-refractivity contribution >= 4 is 23.3 Å². The molecule has 1 fully saturated rings. The van der Waals surface area contributed by atoms with Gasteiger partial charge in [-0.15, -0.1) is 12.4 Å². The number of nitrogens with zero attached hydrogens (tertiary/aromatic N) is 3. The molecule has 4 rings (SSSR count). The zero-order chi connectivity index (χ0) is 16.2. The first-order valence-corrected chi connectivity index (χ1v) is 8.61. The number of fused-ring (bicyclic) bond motifs is 1. The lowest BCUT2D eigenvalue weighted by molar-refractivity contribution is 0.220. The fraction of sp³-hybridized carbons (Fsp3) is 0.368. The summed E-state index contributed by atoms with van der Waals surface area (Å²) in [6.07, 6.45) is 6.94. The van der Waals surface area contributed by atoms with E-state index in [9.17, 15) is 0 Å². The van der Waals surface area contributed by atoms with Gasteiger partial charge in [0.05, 0.1) is 11.7 Å². The van der Waals surface area contributed by atoms with Crippen molar-refractivity contribution in [2.75, 3.05) is 19.6 Å². The molecule has 1 aromatic carbocycles. The van der Waals surface area contributed by atoms with Gasteiger partial charge in [-0.1, -0.05) is 18.2 Å². The Hall–Kier alpha value is -1.95. The van der Waals surface area contributed by atoms with E-state index in [4.69, 9.17) is 0 Å². The van der Waals surface area contributed by atoms with Crippen LogP contribution in [0, 0.1) is 5.92 Å². The zero-order valence-electron chi connectivity index (χ0n) is 14.2. The van der Waals surface area contributed by atoms with Gasteiger partial charge in [0.1, 0.15) is 0 Å². The Kier molecular flexibility index (Phi) is 6.02. The predicted octanol–water partition coefficient (Wildman–Crippen LogP) is 2.99. The van der Waals surface area contributed by atoms with Crippen LogP contribution >= 0.6 is 12.4 Å². The normalized spacial score (nSPS) is 17.1. The van der Waals surface area contributed by atoms with E-state index in [0.717, 1.165) is 49.5 Å². The number of nitrogens with one attached hydrogen (secondary N) is 2. The zero-order valence-corrected chi connectivity index (χ0v) is 15.0. The van der Waals surface area contributed by atoms with Crippen LogP contribution in [-0.4, -0.2) is 39.7 Å². The average Bonchev–Trinajstić information content (AvgIpc) is 3.27. The Labute approximate surface area is 154 Å². The molecule has 5 nitrogen and oxygen atoms in total. The summed E-state index contributed by atoms with van der Waals surface area (Å²) < 4.78 is 0. The Morgan fingerprint density at radius 3 is 2.84 bits per heavy atom. The van der Waals surface area contributed by atoms with E-state index >= 15 is 0 Å². The minimum absolute atomic E-state index is 0. The van der Waals surface area contributed by atoms with Gasteiger partial charge in [0, 0.05) is 37.4 Å². The van der Waals surface area contributed by atoms with E-state index in [1.54, 1.807) is 0 Å². The molecule has 1 aliphatic rings. The molecule has 1 saturated heterocycles.